The smallest absolute Gasteiger partial charge is 0.335 e. The number of nitrogens with zero attached hydrogens (tertiary/aromatic N) is 2. The SMILES string of the molecule is CC(C)c1ccc(N2C(=O)C(=NNc3cccc(-c4cccc(C(=O)O)c4)c3O)c3cc(F)ccc32)cc1. The van der Waals surface area contributed by atoms with Crippen LogP contribution in [0.25, 0.3) is 11.1 Å². The molecule has 4 aromatic rings. The van der Waals surface area contributed by atoms with Gasteiger partial charge in [-0.15, -0.1) is 0 Å². The van der Waals surface area contributed by atoms with Gasteiger partial charge in [0.05, 0.1) is 16.9 Å². The number of hydrazone groups is 1. The summed E-state index contributed by atoms with van der Waals surface area (Å²) >= 11 is 0. The minimum atomic E-state index is -1.08. The van der Waals surface area contributed by atoms with E-state index < -0.39 is 17.7 Å². The van der Waals surface area contributed by atoms with E-state index in [9.17, 15) is 24.2 Å². The number of phenolic OH excluding ortho intramolecular Hbond substituents is 1. The molecule has 0 bridgehead atoms. The maximum atomic E-state index is 14.2. The number of halogens is 1. The van der Waals surface area contributed by atoms with Crippen molar-refractivity contribution in [3.63, 3.8) is 0 Å². The molecule has 0 aromatic heterocycles. The number of aromatic hydroxyl groups is 1. The van der Waals surface area contributed by atoms with Gasteiger partial charge in [-0.3, -0.25) is 15.1 Å². The molecule has 0 radical (unpaired) electrons. The second-order valence-electron chi connectivity index (χ2n) is 9.21. The van der Waals surface area contributed by atoms with Crippen LogP contribution < -0.4 is 10.3 Å². The highest BCUT2D eigenvalue weighted by molar-refractivity contribution is 6.55. The van der Waals surface area contributed by atoms with E-state index in [1.165, 1.54) is 35.2 Å². The normalized spacial score (nSPS) is 13.7. The fourth-order valence-corrected chi connectivity index (χ4v) is 4.40. The van der Waals surface area contributed by atoms with Crippen molar-refractivity contribution in [2.24, 2.45) is 5.10 Å². The molecule has 7 nitrogen and oxygen atoms in total. The number of carboxylic acids is 1. The molecule has 4 aromatic carbocycles. The van der Waals surface area contributed by atoms with E-state index in [4.69, 9.17) is 0 Å². The van der Waals surface area contributed by atoms with Gasteiger partial charge in [0, 0.05) is 16.8 Å². The third kappa shape index (κ3) is 4.48. The summed E-state index contributed by atoms with van der Waals surface area (Å²) in [5.74, 6) is -1.88. The first-order chi connectivity index (χ1) is 18.2. The van der Waals surface area contributed by atoms with Gasteiger partial charge in [0.2, 0.25) is 0 Å². The number of carbonyl (C=O) groups is 2. The highest BCUT2D eigenvalue weighted by atomic mass is 19.1. The number of phenols is 1. The minimum absolute atomic E-state index is 0.00915. The molecule has 190 valence electrons. The number of nitrogens with one attached hydrogen (secondary N) is 1. The summed E-state index contributed by atoms with van der Waals surface area (Å²) in [6.45, 7) is 4.16. The summed E-state index contributed by atoms with van der Waals surface area (Å²) < 4.78 is 14.2. The van der Waals surface area contributed by atoms with Crippen LogP contribution in [0, 0.1) is 5.82 Å². The maximum absolute atomic E-state index is 14.2. The maximum Gasteiger partial charge on any atom is 0.335 e. The van der Waals surface area contributed by atoms with Gasteiger partial charge >= 0.3 is 5.97 Å². The van der Waals surface area contributed by atoms with Gasteiger partial charge in [0.15, 0.2) is 5.71 Å². The lowest BCUT2D eigenvalue weighted by Gasteiger charge is -2.18. The van der Waals surface area contributed by atoms with E-state index >= 15 is 0 Å². The van der Waals surface area contributed by atoms with E-state index in [0.29, 0.717) is 34.0 Å². The van der Waals surface area contributed by atoms with Gasteiger partial charge in [-0.25, -0.2) is 9.18 Å². The van der Waals surface area contributed by atoms with Crippen LogP contribution in [-0.4, -0.2) is 27.8 Å². The highest BCUT2D eigenvalue weighted by Gasteiger charge is 2.35. The Balaban J connectivity index is 1.51. The molecule has 1 heterocycles. The van der Waals surface area contributed by atoms with Crippen molar-refractivity contribution >= 4 is 34.7 Å². The number of rotatable bonds is 6. The molecule has 1 aliphatic rings. The molecule has 0 spiro atoms. The fraction of sp³-hybridized carbons (Fsp3) is 0.100. The van der Waals surface area contributed by atoms with Crippen molar-refractivity contribution in [2.45, 2.75) is 19.8 Å². The third-order valence-corrected chi connectivity index (χ3v) is 6.42. The summed E-state index contributed by atoms with van der Waals surface area (Å²) in [5.41, 5.74) is 6.46. The third-order valence-electron chi connectivity index (χ3n) is 6.42. The number of fused-ring (bicyclic) bond motifs is 1. The van der Waals surface area contributed by atoms with Crippen molar-refractivity contribution in [1.29, 1.82) is 0 Å². The van der Waals surface area contributed by atoms with Crippen LogP contribution in [0.3, 0.4) is 0 Å². The van der Waals surface area contributed by atoms with Crippen LogP contribution in [0.15, 0.2) is 90.0 Å². The van der Waals surface area contributed by atoms with Crippen molar-refractivity contribution in [3.8, 4) is 16.9 Å². The molecule has 0 saturated heterocycles. The number of para-hydroxylation sites is 1. The van der Waals surface area contributed by atoms with E-state index in [0.717, 1.165) is 5.56 Å². The summed E-state index contributed by atoms with van der Waals surface area (Å²) in [6, 6.07) is 22.7. The molecule has 5 rings (SSSR count). The van der Waals surface area contributed by atoms with Gasteiger partial charge in [-0.05, 0) is 65.6 Å². The van der Waals surface area contributed by atoms with Gasteiger partial charge in [-0.2, -0.15) is 5.10 Å². The summed E-state index contributed by atoms with van der Waals surface area (Å²) in [4.78, 5) is 26.3. The zero-order valence-corrected chi connectivity index (χ0v) is 20.6. The lowest BCUT2D eigenvalue weighted by atomic mass is 10.0. The molecule has 0 atom stereocenters. The standard InChI is InChI=1S/C30H24FN3O4/c1-17(2)18-9-12-22(13-10-18)34-26-14-11-21(31)16-24(26)27(29(34)36)33-32-25-8-4-7-23(28(25)35)19-5-3-6-20(15-19)30(37)38/h3-17,32,35H,1-2H3,(H,37,38). The number of hydrogen-bond donors (Lipinski definition) is 3. The van der Waals surface area contributed by atoms with Crippen LogP contribution in [-0.2, 0) is 4.79 Å². The first-order valence-electron chi connectivity index (χ1n) is 12.0. The van der Waals surface area contributed by atoms with Gasteiger partial charge < -0.3 is 10.2 Å². The Bertz CT molecular complexity index is 1600. The fourth-order valence-electron chi connectivity index (χ4n) is 4.40. The monoisotopic (exact) mass is 509 g/mol. The van der Waals surface area contributed by atoms with Crippen molar-refractivity contribution in [1.82, 2.24) is 0 Å². The Labute approximate surface area is 218 Å². The first-order valence-corrected chi connectivity index (χ1v) is 12.0. The van der Waals surface area contributed by atoms with E-state index in [1.807, 2.05) is 24.3 Å². The number of hydrogen-bond acceptors (Lipinski definition) is 5. The van der Waals surface area contributed by atoms with E-state index in [-0.39, 0.29) is 22.7 Å². The Morgan fingerprint density at radius 1 is 0.947 bits per heavy atom. The predicted molar refractivity (Wildman–Crippen MR) is 145 cm³/mol. The van der Waals surface area contributed by atoms with Gasteiger partial charge in [0.1, 0.15) is 11.6 Å². The number of aromatic carboxylic acids is 1. The molecule has 8 heteroatoms. The number of carbonyl (C=O) groups excluding carboxylic acids is 1. The van der Waals surface area contributed by atoms with E-state index in [2.05, 4.69) is 24.4 Å². The molecule has 0 fully saturated rings. The molecular formula is C30H24FN3O4. The van der Waals surface area contributed by atoms with Crippen LogP contribution >= 0.6 is 0 Å². The van der Waals surface area contributed by atoms with Gasteiger partial charge in [-0.1, -0.05) is 50.2 Å². The van der Waals surface area contributed by atoms with Crippen molar-refractivity contribution in [3.05, 3.63) is 107 Å². The average molecular weight is 510 g/mol. The zero-order chi connectivity index (χ0) is 27.0. The van der Waals surface area contributed by atoms with Crippen LogP contribution in [0.4, 0.5) is 21.5 Å². The molecular weight excluding hydrogens is 485 g/mol. The number of amides is 1. The number of anilines is 3. The molecule has 38 heavy (non-hydrogen) atoms. The first kappa shape index (κ1) is 24.7. The molecule has 0 saturated carbocycles. The molecule has 1 aliphatic heterocycles. The Kier molecular flexibility index (Phi) is 6.38. The van der Waals surface area contributed by atoms with Crippen LogP contribution in [0.1, 0.15) is 41.3 Å². The summed E-state index contributed by atoms with van der Waals surface area (Å²) in [6.07, 6.45) is 0. The molecule has 3 N–H and O–H groups in total. The quantitative estimate of drug-likeness (QED) is 0.203. The van der Waals surface area contributed by atoms with Crippen molar-refractivity contribution in [2.75, 3.05) is 10.3 Å². The highest BCUT2D eigenvalue weighted by Crippen LogP contribution is 2.38. The van der Waals surface area contributed by atoms with Gasteiger partial charge in [0.25, 0.3) is 5.91 Å². The second kappa shape index (κ2) is 9.82. The predicted octanol–water partition coefficient (Wildman–Crippen LogP) is 6.51. The molecule has 0 unspecified atom stereocenters. The Morgan fingerprint density at radius 3 is 2.39 bits per heavy atom. The van der Waals surface area contributed by atoms with Crippen LogP contribution in [0.5, 0.6) is 5.75 Å². The Morgan fingerprint density at radius 2 is 1.68 bits per heavy atom. The van der Waals surface area contributed by atoms with Crippen molar-refractivity contribution < 1.29 is 24.2 Å². The minimum Gasteiger partial charge on any atom is -0.505 e. The topological polar surface area (TPSA) is 102 Å². The number of carboxylic acid groups (broad SMARTS) is 1. The zero-order valence-electron chi connectivity index (χ0n) is 20.6. The Hall–Kier alpha value is -4.98. The number of benzene rings is 4. The van der Waals surface area contributed by atoms with E-state index in [1.54, 1.807) is 30.3 Å². The largest absolute Gasteiger partial charge is 0.505 e. The van der Waals surface area contributed by atoms with Crippen LogP contribution in [0.2, 0.25) is 0 Å². The summed E-state index contributed by atoms with van der Waals surface area (Å²) in [7, 11) is 0. The molecule has 0 aliphatic carbocycles. The summed E-state index contributed by atoms with van der Waals surface area (Å²) in [5, 5.41) is 24.5. The molecule has 1 amide bonds. The lowest BCUT2D eigenvalue weighted by Crippen LogP contribution is -2.26. The average Bonchev–Trinajstić information content (AvgIpc) is 3.18. The lowest BCUT2D eigenvalue weighted by molar-refractivity contribution is -0.111. The second-order valence-corrected chi connectivity index (χ2v) is 9.21.